The topological polar surface area (TPSA) is 58.3 Å². The first kappa shape index (κ1) is 14.0. The first-order valence-electron chi connectivity index (χ1n) is 5.77. The Morgan fingerprint density at radius 1 is 1.05 bits per heavy atom. The van der Waals surface area contributed by atoms with E-state index in [1.165, 1.54) is 0 Å². The van der Waals surface area contributed by atoms with Gasteiger partial charge in [-0.1, -0.05) is 47.5 Å². The molecule has 0 saturated heterocycles. The number of nitrogens with one attached hydrogen (secondary N) is 1. The zero-order chi connectivity index (χ0) is 13.8. The molecule has 0 aromatic heterocycles. The fraction of sp³-hybridized carbons (Fsp3) is 0.143. The van der Waals surface area contributed by atoms with Crippen LogP contribution in [0.5, 0.6) is 0 Å². The van der Waals surface area contributed by atoms with Gasteiger partial charge in [0.15, 0.2) is 0 Å². The van der Waals surface area contributed by atoms with Gasteiger partial charge in [0.2, 0.25) is 0 Å². The number of benzene rings is 2. The second-order valence-electron chi connectivity index (χ2n) is 4.19. The molecule has 3 nitrogen and oxygen atoms in total. The van der Waals surface area contributed by atoms with Crippen LogP contribution in [0.1, 0.15) is 11.1 Å². The molecule has 0 fully saturated rings. The Hall–Kier alpha value is -1.42. The van der Waals surface area contributed by atoms with Gasteiger partial charge in [-0.2, -0.15) is 0 Å². The highest BCUT2D eigenvalue weighted by Gasteiger charge is 2.05. The quantitative estimate of drug-likeness (QED) is 0.754. The third-order valence-electron chi connectivity index (χ3n) is 2.75. The number of nitrogens with two attached hydrogens (primary N) is 1. The van der Waals surface area contributed by atoms with Crippen molar-refractivity contribution in [1.29, 1.82) is 0 Å². The lowest BCUT2D eigenvalue weighted by Gasteiger charge is -2.11. The zero-order valence-corrected chi connectivity index (χ0v) is 11.7. The Labute approximate surface area is 122 Å². The Morgan fingerprint density at radius 2 is 1.74 bits per heavy atom. The highest BCUT2D eigenvalue weighted by Crippen LogP contribution is 2.30. The standard InChI is InChI=1S/C14H14Cl2N2O/c15-11-5-13(17)14(6-12(11)16)18-7-9-2-1-3-10(4-9)8-19/h1-6,18-19H,7-8,17H2. The van der Waals surface area contributed by atoms with Crippen molar-refractivity contribution in [2.45, 2.75) is 13.2 Å². The summed E-state index contributed by atoms with van der Waals surface area (Å²) in [6.45, 7) is 0.624. The molecule has 2 rings (SSSR count). The first-order valence-corrected chi connectivity index (χ1v) is 6.53. The van der Waals surface area contributed by atoms with Crippen LogP contribution < -0.4 is 11.1 Å². The van der Waals surface area contributed by atoms with Crippen LogP contribution >= 0.6 is 23.2 Å². The number of rotatable bonds is 4. The van der Waals surface area contributed by atoms with Gasteiger partial charge < -0.3 is 16.2 Å². The predicted octanol–water partition coefficient (Wildman–Crippen LogP) is 3.68. The molecule has 5 heteroatoms. The number of hydrogen-bond acceptors (Lipinski definition) is 3. The van der Waals surface area contributed by atoms with Crippen LogP contribution in [0.3, 0.4) is 0 Å². The molecule has 2 aromatic rings. The molecule has 100 valence electrons. The fourth-order valence-electron chi connectivity index (χ4n) is 1.75. The van der Waals surface area contributed by atoms with E-state index in [1.54, 1.807) is 12.1 Å². The highest BCUT2D eigenvalue weighted by atomic mass is 35.5. The monoisotopic (exact) mass is 296 g/mol. The Morgan fingerprint density at radius 3 is 2.47 bits per heavy atom. The van der Waals surface area contributed by atoms with Crippen molar-refractivity contribution in [1.82, 2.24) is 0 Å². The van der Waals surface area contributed by atoms with Crippen LogP contribution in [0.2, 0.25) is 10.0 Å². The van der Waals surface area contributed by atoms with Gasteiger partial charge in [0.1, 0.15) is 0 Å². The molecule has 19 heavy (non-hydrogen) atoms. The smallest absolute Gasteiger partial charge is 0.0681 e. The van der Waals surface area contributed by atoms with Crippen molar-refractivity contribution >= 4 is 34.6 Å². The molecule has 0 aliphatic rings. The molecule has 4 N–H and O–H groups in total. The summed E-state index contributed by atoms with van der Waals surface area (Å²) in [6, 6.07) is 11.0. The number of nitrogen functional groups attached to an aromatic ring is 1. The van der Waals surface area contributed by atoms with Gasteiger partial charge in [0.05, 0.1) is 28.0 Å². The number of hydrogen-bond donors (Lipinski definition) is 3. The molecule has 0 saturated carbocycles. The molecule has 0 aliphatic heterocycles. The van der Waals surface area contributed by atoms with E-state index in [4.69, 9.17) is 34.0 Å². The van der Waals surface area contributed by atoms with Crippen molar-refractivity contribution in [2.24, 2.45) is 0 Å². The summed E-state index contributed by atoms with van der Waals surface area (Å²) in [7, 11) is 0. The average Bonchev–Trinajstić information content (AvgIpc) is 2.41. The highest BCUT2D eigenvalue weighted by molar-refractivity contribution is 6.42. The van der Waals surface area contributed by atoms with Crippen LogP contribution in [0.4, 0.5) is 11.4 Å². The molecular weight excluding hydrogens is 283 g/mol. The van der Waals surface area contributed by atoms with Crippen molar-refractivity contribution in [3.05, 3.63) is 57.6 Å². The summed E-state index contributed by atoms with van der Waals surface area (Å²) in [5.41, 5.74) is 9.08. The van der Waals surface area contributed by atoms with Crippen LogP contribution in [-0.4, -0.2) is 5.11 Å². The minimum absolute atomic E-state index is 0.0305. The van der Waals surface area contributed by atoms with E-state index in [9.17, 15) is 0 Å². The number of aliphatic hydroxyl groups excluding tert-OH is 1. The summed E-state index contributed by atoms with van der Waals surface area (Å²) in [6.07, 6.45) is 0. The van der Waals surface area contributed by atoms with E-state index < -0.39 is 0 Å². The molecule has 0 unspecified atom stereocenters. The molecule has 0 spiro atoms. The molecule has 0 heterocycles. The SMILES string of the molecule is Nc1cc(Cl)c(Cl)cc1NCc1cccc(CO)c1. The van der Waals surface area contributed by atoms with E-state index in [0.29, 0.717) is 22.3 Å². The van der Waals surface area contributed by atoms with E-state index >= 15 is 0 Å². The average molecular weight is 297 g/mol. The van der Waals surface area contributed by atoms with Gasteiger partial charge in [0, 0.05) is 6.54 Å². The normalized spacial score (nSPS) is 10.5. The molecule has 0 atom stereocenters. The van der Waals surface area contributed by atoms with Gasteiger partial charge >= 0.3 is 0 Å². The first-order chi connectivity index (χ1) is 9.10. The van der Waals surface area contributed by atoms with Crippen molar-refractivity contribution in [2.75, 3.05) is 11.1 Å². The maximum atomic E-state index is 9.09. The Bertz CT molecular complexity index is 588. The number of aliphatic hydroxyl groups is 1. The van der Waals surface area contributed by atoms with E-state index in [-0.39, 0.29) is 6.61 Å². The van der Waals surface area contributed by atoms with E-state index in [2.05, 4.69) is 5.32 Å². The van der Waals surface area contributed by atoms with Gasteiger partial charge in [0.25, 0.3) is 0 Å². The van der Waals surface area contributed by atoms with Crippen molar-refractivity contribution in [3.63, 3.8) is 0 Å². The van der Waals surface area contributed by atoms with Crippen molar-refractivity contribution in [3.8, 4) is 0 Å². The second-order valence-corrected chi connectivity index (χ2v) is 5.00. The molecule has 0 amide bonds. The zero-order valence-electron chi connectivity index (χ0n) is 10.2. The summed E-state index contributed by atoms with van der Waals surface area (Å²) < 4.78 is 0. The third kappa shape index (κ3) is 3.53. The minimum Gasteiger partial charge on any atom is -0.397 e. The largest absolute Gasteiger partial charge is 0.397 e. The second kappa shape index (κ2) is 6.15. The van der Waals surface area contributed by atoms with Crippen LogP contribution in [0.25, 0.3) is 0 Å². The Balaban J connectivity index is 2.12. The fourth-order valence-corrected chi connectivity index (χ4v) is 2.09. The lowest BCUT2D eigenvalue weighted by Crippen LogP contribution is -2.03. The lowest BCUT2D eigenvalue weighted by atomic mass is 10.1. The molecular formula is C14H14Cl2N2O. The van der Waals surface area contributed by atoms with Crippen LogP contribution in [0, 0.1) is 0 Å². The van der Waals surface area contributed by atoms with E-state index in [0.717, 1.165) is 16.8 Å². The maximum absolute atomic E-state index is 9.09. The van der Waals surface area contributed by atoms with Gasteiger partial charge in [-0.3, -0.25) is 0 Å². The molecule has 0 bridgehead atoms. The summed E-state index contributed by atoms with van der Waals surface area (Å²) in [5.74, 6) is 0. The molecule has 0 aliphatic carbocycles. The summed E-state index contributed by atoms with van der Waals surface area (Å²) >= 11 is 11.8. The van der Waals surface area contributed by atoms with Crippen molar-refractivity contribution < 1.29 is 5.11 Å². The summed E-state index contributed by atoms with van der Waals surface area (Å²) in [4.78, 5) is 0. The maximum Gasteiger partial charge on any atom is 0.0681 e. The van der Waals surface area contributed by atoms with Gasteiger partial charge in [-0.25, -0.2) is 0 Å². The lowest BCUT2D eigenvalue weighted by molar-refractivity contribution is 0.281. The molecule has 2 aromatic carbocycles. The van der Waals surface area contributed by atoms with Gasteiger partial charge in [-0.05, 0) is 23.3 Å². The Kier molecular flexibility index (Phi) is 4.53. The number of anilines is 2. The molecule has 0 radical (unpaired) electrons. The summed E-state index contributed by atoms with van der Waals surface area (Å²) in [5, 5.41) is 13.2. The van der Waals surface area contributed by atoms with Crippen LogP contribution in [-0.2, 0) is 13.2 Å². The van der Waals surface area contributed by atoms with E-state index in [1.807, 2.05) is 24.3 Å². The van der Waals surface area contributed by atoms with Crippen LogP contribution in [0.15, 0.2) is 36.4 Å². The van der Waals surface area contributed by atoms with Gasteiger partial charge in [-0.15, -0.1) is 0 Å². The third-order valence-corrected chi connectivity index (χ3v) is 3.47. The number of halogens is 2. The minimum atomic E-state index is 0.0305. The predicted molar refractivity (Wildman–Crippen MR) is 80.6 cm³/mol.